The summed E-state index contributed by atoms with van der Waals surface area (Å²) in [7, 11) is 1.61. The van der Waals surface area contributed by atoms with E-state index in [1.54, 1.807) is 36.3 Å². The Morgan fingerprint density at radius 1 is 1.03 bits per heavy atom. The second-order valence-electron chi connectivity index (χ2n) is 7.28. The van der Waals surface area contributed by atoms with Crippen LogP contribution in [0.25, 0.3) is 0 Å². The minimum absolute atomic E-state index is 0.0287. The van der Waals surface area contributed by atoms with Gasteiger partial charge in [-0.05, 0) is 48.7 Å². The molecule has 0 bridgehead atoms. The SMILES string of the molecule is COc1ccc(CC(=O)NC2CCN(C(=O)c3cccc(OC(C)=O)c3)CC2)cc1. The van der Waals surface area contributed by atoms with Crippen molar-refractivity contribution >= 4 is 17.8 Å². The van der Waals surface area contributed by atoms with Gasteiger partial charge in [-0.2, -0.15) is 0 Å². The normalized spacial score (nSPS) is 14.1. The predicted octanol–water partition coefficient (Wildman–Crippen LogP) is 2.58. The van der Waals surface area contributed by atoms with Gasteiger partial charge < -0.3 is 19.7 Å². The van der Waals surface area contributed by atoms with Crippen LogP contribution in [0.5, 0.6) is 11.5 Å². The standard InChI is InChI=1S/C23H26N2O5/c1-16(26)30-21-5-3-4-18(15-21)23(28)25-12-10-19(11-13-25)24-22(27)14-17-6-8-20(29-2)9-7-17/h3-9,15,19H,10-14H2,1-2H3,(H,24,27). The molecule has 3 rings (SSSR count). The van der Waals surface area contributed by atoms with Gasteiger partial charge in [-0.3, -0.25) is 14.4 Å². The zero-order valence-electron chi connectivity index (χ0n) is 17.2. The van der Waals surface area contributed by atoms with Crippen LogP contribution in [0.3, 0.4) is 0 Å². The van der Waals surface area contributed by atoms with Crippen molar-refractivity contribution in [2.45, 2.75) is 32.2 Å². The number of likely N-dealkylation sites (tertiary alicyclic amines) is 1. The smallest absolute Gasteiger partial charge is 0.308 e. The van der Waals surface area contributed by atoms with Crippen LogP contribution in [0, 0.1) is 0 Å². The van der Waals surface area contributed by atoms with Gasteiger partial charge in [0, 0.05) is 31.6 Å². The number of ether oxygens (including phenoxy) is 2. The molecular formula is C23H26N2O5. The van der Waals surface area contributed by atoms with Gasteiger partial charge in [0.15, 0.2) is 0 Å². The van der Waals surface area contributed by atoms with Crippen LogP contribution in [-0.2, 0) is 16.0 Å². The van der Waals surface area contributed by atoms with Crippen LogP contribution in [0.2, 0.25) is 0 Å². The molecule has 0 atom stereocenters. The van der Waals surface area contributed by atoms with E-state index in [0.717, 1.165) is 11.3 Å². The predicted molar refractivity (Wildman–Crippen MR) is 112 cm³/mol. The van der Waals surface area contributed by atoms with Crippen LogP contribution in [0.15, 0.2) is 48.5 Å². The summed E-state index contributed by atoms with van der Waals surface area (Å²) in [5, 5.41) is 3.06. The van der Waals surface area contributed by atoms with Gasteiger partial charge >= 0.3 is 5.97 Å². The van der Waals surface area contributed by atoms with Gasteiger partial charge in [0.05, 0.1) is 13.5 Å². The number of hydrogen-bond acceptors (Lipinski definition) is 5. The largest absolute Gasteiger partial charge is 0.497 e. The first-order valence-electron chi connectivity index (χ1n) is 9.94. The Hall–Kier alpha value is -3.35. The monoisotopic (exact) mass is 410 g/mol. The number of carbonyl (C=O) groups excluding carboxylic acids is 3. The van der Waals surface area contributed by atoms with E-state index in [-0.39, 0.29) is 17.9 Å². The summed E-state index contributed by atoms with van der Waals surface area (Å²) in [5.41, 5.74) is 1.41. The van der Waals surface area contributed by atoms with Crippen molar-refractivity contribution in [3.05, 3.63) is 59.7 Å². The number of nitrogens with zero attached hydrogens (tertiary/aromatic N) is 1. The molecule has 7 heteroatoms. The number of nitrogens with one attached hydrogen (secondary N) is 1. The first kappa shape index (κ1) is 21.4. The summed E-state index contributed by atoms with van der Waals surface area (Å²) < 4.78 is 10.2. The Labute approximate surface area is 176 Å². The molecule has 0 aromatic heterocycles. The Bertz CT molecular complexity index is 902. The number of esters is 1. The van der Waals surface area contributed by atoms with Crippen molar-refractivity contribution in [3.8, 4) is 11.5 Å². The minimum atomic E-state index is -0.425. The quantitative estimate of drug-likeness (QED) is 0.585. The fourth-order valence-electron chi connectivity index (χ4n) is 3.48. The second kappa shape index (κ2) is 9.91. The van der Waals surface area contributed by atoms with Crippen molar-refractivity contribution < 1.29 is 23.9 Å². The van der Waals surface area contributed by atoms with E-state index < -0.39 is 5.97 Å². The van der Waals surface area contributed by atoms with Crippen LogP contribution < -0.4 is 14.8 Å². The van der Waals surface area contributed by atoms with E-state index in [1.165, 1.54) is 6.92 Å². The molecule has 0 saturated carbocycles. The summed E-state index contributed by atoms with van der Waals surface area (Å²) in [6.45, 7) is 2.44. The number of amides is 2. The number of piperidine rings is 1. The van der Waals surface area contributed by atoms with E-state index >= 15 is 0 Å². The van der Waals surface area contributed by atoms with E-state index in [1.807, 2.05) is 24.3 Å². The molecule has 1 aliphatic rings. The molecule has 7 nitrogen and oxygen atoms in total. The third-order valence-corrected chi connectivity index (χ3v) is 5.01. The first-order valence-corrected chi connectivity index (χ1v) is 9.94. The highest BCUT2D eigenvalue weighted by atomic mass is 16.5. The highest BCUT2D eigenvalue weighted by Gasteiger charge is 2.25. The minimum Gasteiger partial charge on any atom is -0.497 e. The Kier molecular flexibility index (Phi) is 7.06. The van der Waals surface area contributed by atoms with E-state index in [9.17, 15) is 14.4 Å². The third-order valence-electron chi connectivity index (χ3n) is 5.01. The first-order chi connectivity index (χ1) is 14.4. The maximum Gasteiger partial charge on any atom is 0.308 e. The number of benzene rings is 2. The lowest BCUT2D eigenvalue weighted by molar-refractivity contribution is -0.131. The van der Waals surface area contributed by atoms with Crippen molar-refractivity contribution in [1.82, 2.24) is 10.2 Å². The zero-order valence-corrected chi connectivity index (χ0v) is 17.2. The van der Waals surface area contributed by atoms with Crippen molar-refractivity contribution in [1.29, 1.82) is 0 Å². The summed E-state index contributed by atoms with van der Waals surface area (Å²) in [4.78, 5) is 38.0. The molecule has 1 heterocycles. The van der Waals surface area contributed by atoms with Gasteiger partial charge in [-0.15, -0.1) is 0 Å². The molecule has 2 aromatic rings. The molecule has 158 valence electrons. The maximum atomic E-state index is 12.7. The molecule has 1 saturated heterocycles. The molecular weight excluding hydrogens is 384 g/mol. The van der Waals surface area contributed by atoms with E-state index in [0.29, 0.717) is 43.7 Å². The zero-order chi connectivity index (χ0) is 21.5. The molecule has 30 heavy (non-hydrogen) atoms. The molecule has 0 unspecified atom stereocenters. The summed E-state index contributed by atoms with van der Waals surface area (Å²) in [6.07, 6.45) is 1.71. The van der Waals surface area contributed by atoms with E-state index in [2.05, 4.69) is 5.32 Å². The lowest BCUT2D eigenvalue weighted by Gasteiger charge is -2.32. The van der Waals surface area contributed by atoms with Gasteiger partial charge in [0.2, 0.25) is 5.91 Å². The Balaban J connectivity index is 1.48. The molecule has 1 aliphatic heterocycles. The van der Waals surface area contributed by atoms with Crippen LogP contribution in [0.1, 0.15) is 35.7 Å². The van der Waals surface area contributed by atoms with Gasteiger partial charge in [-0.1, -0.05) is 18.2 Å². The Morgan fingerprint density at radius 2 is 1.73 bits per heavy atom. The number of methoxy groups -OCH3 is 1. The highest BCUT2D eigenvalue weighted by molar-refractivity contribution is 5.94. The van der Waals surface area contributed by atoms with Gasteiger partial charge in [0.25, 0.3) is 5.91 Å². The maximum absolute atomic E-state index is 12.7. The fraction of sp³-hybridized carbons (Fsp3) is 0.348. The van der Waals surface area contributed by atoms with Gasteiger partial charge in [-0.25, -0.2) is 0 Å². The third kappa shape index (κ3) is 5.83. The molecule has 2 aromatic carbocycles. The molecule has 0 aliphatic carbocycles. The van der Waals surface area contributed by atoms with E-state index in [4.69, 9.17) is 9.47 Å². The average molecular weight is 410 g/mol. The van der Waals surface area contributed by atoms with Crippen LogP contribution in [-0.4, -0.2) is 48.9 Å². The molecule has 1 fully saturated rings. The van der Waals surface area contributed by atoms with Crippen molar-refractivity contribution in [2.24, 2.45) is 0 Å². The molecule has 0 radical (unpaired) electrons. The lowest BCUT2D eigenvalue weighted by Crippen LogP contribution is -2.46. The Morgan fingerprint density at radius 3 is 2.37 bits per heavy atom. The summed E-state index contributed by atoms with van der Waals surface area (Å²) >= 11 is 0. The highest BCUT2D eigenvalue weighted by Crippen LogP contribution is 2.18. The van der Waals surface area contributed by atoms with Crippen molar-refractivity contribution in [3.63, 3.8) is 0 Å². The molecule has 0 spiro atoms. The van der Waals surface area contributed by atoms with Crippen molar-refractivity contribution in [2.75, 3.05) is 20.2 Å². The van der Waals surface area contributed by atoms with Gasteiger partial charge in [0.1, 0.15) is 11.5 Å². The summed E-state index contributed by atoms with van der Waals surface area (Å²) in [5.74, 6) is 0.556. The average Bonchev–Trinajstić information content (AvgIpc) is 2.74. The summed E-state index contributed by atoms with van der Waals surface area (Å²) in [6, 6.07) is 14.1. The molecule has 1 N–H and O–H groups in total. The topological polar surface area (TPSA) is 84.9 Å². The molecule has 2 amide bonds. The fourth-order valence-corrected chi connectivity index (χ4v) is 3.48. The number of rotatable bonds is 6. The number of hydrogen-bond donors (Lipinski definition) is 1. The second-order valence-corrected chi connectivity index (χ2v) is 7.28. The number of carbonyl (C=O) groups is 3. The van der Waals surface area contributed by atoms with Crippen LogP contribution >= 0.6 is 0 Å². The lowest BCUT2D eigenvalue weighted by atomic mass is 10.0. The van der Waals surface area contributed by atoms with Crippen LogP contribution in [0.4, 0.5) is 0 Å².